The minimum absolute atomic E-state index is 0.0504. The van der Waals surface area contributed by atoms with Gasteiger partial charge >= 0.3 is 12.1 Å². The number of ether oxygens (including phenoxy) is 2. The lowest BCUT2D eigenvalue weighted by Crippen LogP contribution is -2.59. The maximum atomic E-state index is 13.7. The largest absolute Gasteiger partial charge is 0.467 e. The van der Waals surface area contributed by atoms with Gasteiger partial charge in [-0.25, -0.2) is 9.59 Å². The van der Waals surface area contributed by atoms with Gasteiger partial charge in [-0.05, 0) is 63.4 Å². The van der Waals surface area contributed by atoms with Gasteiger partial charge in [0.15, 0.2) is 0 Å². The number of amides is 5. The van der Waals surface area contributed by atoms with Gasteiger partial charge in [-0.3, -0.25) is 19.2 Å². The molecule has 1 unspecified atom stereocenters. The lowest BCUT2D eigenvalue weighted by Gasteiger charge is -2.30. The molecule has 0 saturated heterocycles. The minimum Gasteiger partial charge on any atom is -0.467 e. The summed E-state index contributed by atoms with van der Waals surface area (Å²) in [5, 5.41) is 13.8. The number of carbonyl (C=O) groups is 6. The Morgan fingerprint density at radius 1 is 0.750 bits per heavy atom. The van der Waals surface area contributed by atoms with E-state index in [0.29, 0.717) is 12.8 Å². The molecule has 0 radical (unpaired) electrons. The van der Waals surface area contributed by atoms with Gasteiger partial charge in [0.2, 0.25) is 23.6 Å². The summed E-state index contributed by atoms with van der Waals surface area (Å²) in [4.78, 5) is 78.7. The molecule has 0 bridgehead atoms. The lowest BCUT2D eigenvalue weighted by atomic mass is 9.94. The first-order chi connectivity index (χ1) is 24.2. The quantitative estimate of drug-likeness (QED) is 0.109. The van der Waals surface area contributed by atoms with E-state index in [9.17, 15) is 28.8 Å². The van der Waals surface area contributed by atoms with E-state index in [2.05, 4.69) is 26.6 Å². The van der Waals surface area contributed by atoms with Gasteiger partial charge in [-0.2, -0.15) is 0 Å². The maximum absolute atomic E-state index is 13.7. The summed E-state index contributed by atoms with van der Waals surface area (Å²) in [7, 11) is 1.24. The van der Waals surface area contributed by atoms with Crippen LogP contribution >= 0.6 is 0 Å². The topological polar surface area (TPSA) is 207 Å². The fourth-order valence-electron chi connectivity index (χ4n) is 5.40. The van der Waals surface area contributed by atoms with Crippen molar-refractivity contribution in [2.75, 3.05) is 7.11 Å². The summed E-state index contributed by atoms with van der Waals surface area (Å²) in [5.74, 6) is -3.13. The number of hydrogen-bond donors (Lipinski definition) is 6. The summed E-state index contributed by atoms with van der Waals surface area (Å²) in [6.07, 6.45) is 0.427. The molecule has 52 heavy (non-hydrogen) atoms. The predicted octanol–water partition coefficient (Wildman–Crippen LogP) is 3.11. The number of hydrogen-bond acceptors (Lipinski definition) is 9. The zero-order valence-electron chi connectivity index (χ0n) is 33.0. The Kier molecular flexibility index (Phi) is 19.4. The number of rotatable bonds is 20. The van der Waals surface area contributed by atoms with Gasteiger partial charge in [0.05, 0.1) is 7.11 Å². The average molecular weight is 733 g/mol. The first kappa shape index (κ1) is 45.8. The normalized spacial score (nSPS) is 15.6. The molecule has 1 aromatic rings. The minimum atomic E-state index is -0.968. The number of esters is 1. The highest BCUT2D eigenvalue weighted by Crippen LogP contribution is 2.14. The van der Waals surface area contributed by atoms with Gasteiger partial charge in [0.25, 0.3) is 0 Å². The molecular formula is C38H64N6O8. The van der Waals surface area contributed by atoms with Crippen LogP contribution in [0.2, 0.25) is 0 Å². The molecule has 7 atom stereocenters. The van der Waals surface area contributed by atoms with Crippen molar-refractivity contribution in [2.24, 2.45) is 23.5 Å². The van der Waals surface area contributed by atoms with Crippen molar-refractivity contribution in [1.29, 1.82) is 0 Å². The third-order valence-corrected chi connectivity index (χ3v) is 8.55. The second kappa shape index (κ2) is 22.0. The van der Waals surface area contributed by atoms with Crippen LogP contribution in [0, 0.1) is 17.8 Å². The molecule has 0 aliphatic heterocycles. The Morgan fingerprint density at radius 3 is 1.85 bits per heavy atom. The Hall–Kier alpha value is -4.20. The van der Waals surface area contributed by atoms with Crippen LogP contribution in [0.1, 0.15) is 100 Å². The molecule has 5 amide bonds. The van der Waals surface area contributed by atoms with Gasteiger partial charge in [0, 0.05) is 18.5 Å². The summed E-state index contributed by atoms with van der Waals surface area (Å²) in [6.45, 7) is 18.0. The Morgan fingerprint density at radius 2 is 1.35 bits per heavy atom. The van der Waals surface area contributed by atoms with Crippen LogP contribution in [0.15, 0.2) is 30.3 Å². The number of nitrogens with one attached hydrogen (secondary N) is 5. The van der Waals surface area contributed by atoms with Crippen molar-refractivity contribution in [2.45, 2.75) is 143 Å². The first-order valence-electron chi connectivity index (χ1n) is 18.3. The standard InChI is InChI=1S/C38H64N6O8/c1-12-24(7)32(35(48)44-31(23(5)6)36(49)51-11)43-30(45)21-26(39)28(20-25-17-15-14-16-18-25)41-33(46)27(13-2)40-34(47)29(19-22(3)4)42-37(50)52-38(8,9)10/h14-18,22-24,26-29,31-32H,12-13,19-21,39H2,1-11H3,(H,40,47)(H,41,46)(H,42,50)(H,43,45)(H,44,48)/t24?,26-,27-,28-,29-,31-,32-/m0/s1. The number of benzene rings is 1. The number of carbonyl (C=O) groups excluding carboxylic acids is 6. The molecule has 0 aliphatic carbocycles. The molecule has 0 fully saturated rings. The van der Waals surface area contributed by atoms with Crippen molar-refractivity contribution in [3.63, 3.8) is 0 Å². The molecule has 14 nitrogen and oxygen atoms in total. The van der Waals surface area contributed by atoms with E-state index in [0.717, 1.165) is 5.56 Å². The van der Waals surface area contributed by atoms with E-state index in [1.54, 1.807) is 41.5 Å². The van der Waals surface area contributed by atoms with Crippen LogP contribution in [0.4, 0.5) is 4.79 Å². The van der Waals surface area contributed by atoms with E-state index >= 15 is 0 Å². The zero-order valence-corrected chi connectivity index (χ0v) is 33.0. The third-order valence-electron chi connectivity index (χ3n) is 8.55. The molecule has 7 N–H and O–H groups in total. The van der Waals surface area contributed by atoms with Gasteiger partial charge in [-0.15, -0.1) is 0 Å². The molecule has 0 aliphatic rings. The molecule has 0 aromatic heterocycles. The molecule has 0 saturated carbocycles. The third kappa shape index (κ3) is 16.4. The Bertz CT molecular complexity index is 1320. The van der Waals surface area contributed by atoms with Crippen LogP contribution in [-0.4, -0.2) is 84.7 Å². The molecule has 0 heterocycles. The Balaban J connectivity index is 3.20. The average Bonchev–Trinajstić information content (AvgIpc) is 3.06. The SMILES string of the molecule is CCC(C)[C@H](NC(=O)C[C@H](N)[C@H](Cc1ccccc1)NC(=O)[C@H](CC)NC(=O)[C@H](CC(C)C)NC(=O)OC(C)(C)C)C(=O)N[C@H](C(=O)OC)C(C)C. The summed E-state index contributed by atoms with van der Waals surface area (Å²) >= 11 is 0. The lowest BCUT2D eigenvalue weighted by molar-refractivity contribution is -0.147. The summed E-state index contributed by atoms with van der Waals surface area (Å²) in [5.41, 5.74) is 6.72. The smallest absolute Gasteiger partial charge is 0.408 e. The fraction of sp³-hybridized carbons (Fsp3) is 0.684. The molecule has 294 valence electrons. The second-order valence-corrected chi connectivity index (χ2v) is 15.2. The number of alkyl carbamates (subject to hydrolysis) is 1. The van der Waals surface area contributed by atoms with Crippen LogP contribution in [0.5, 0.6) is 0 Å². The second-order valence-electron chi connectivity index (χ2n) is 15.2. The summed E-state index contributed by atoms with van der Waals surface area (Å²) in [6, 6.07) is 3.92. The first-order valence-corrected chi connectivity index (χ1v) is 18.3. The fourth-order valence-corrected chi connectivity index (χ4v) is 5.40. The molecule has 14 heteroatoms. The predicted molar refractivity (Wildman–Crippen MR) is 200 cm³/mol. The number of nitrogens with two attached hydrogens (primary N) is 1. The van der Waals surface area contributed by atoms with Crippen LogP contribution < -0.4 is 32.3 Å². The van der Waals surface area contributed by atoms with E-state index in [1.165, 1.54) is 7.11 Å². The monoisotopic (exact) mass is 732 g/mol. The van der Waals surface area contributed by atoms with E-state index in [-0.39, 0.29) is 37.0 Å². The highest BCUT2D eigenvalue weighted by Gasteiger charge is 2.34. The number of methoxy groups -OCH3 is 1. The van der Waals surface area contributed by atoms with Crippen molar-refractivity contribution >= 4 is 35.7 Å². The van der Waals surface area contributed by atoms with Crippen LogP contribution in [0.25, 0.3) is 0 Å². The summed E-state index contributed by atoms with van der Waals surface area (Å²) < 4.78 is 10.2. The van der Waals surface area contributed by atoms with E-state index in [4.69, 9.17) is 15.2 Å². The van der Waals surface area contributed by atoms with E-state index < -0.39 is 77.5 Å². The van der Waals surface area contributed by atoms with Crippen molar-refractivity contribution < 1.29 is 38.2 Å². The van der Waals surface area contributed by atoms with Crippen LogP contribution in [-0.2, 0) is 39.9 Å². The van der Waals surface area contributed by atoms with Crippen molar-refractivity contribution in [3.8, 4) is 0 Å². The highest BCUT2D eigenvalue weighted by atomic mass is 16.6. The maximum Gasteiger partial charge on any atom is 0.408 e. The van der Waals surface area contributed by atoms with Gasteiger partial charge in [-0.1, -0.05) is 85.2 Å². The molecule has 1 aromatic carbocycles. The highest BCUT2D eigenvalue weighted by molar-refractivity contribution is 5.92. The molecule has 0 spiro atoms. The van der Waals surface area contributed by atoms with Gasteiger partial charge < -0.3 is 41.8 Å². The molecular weight excluding hydrogens is 668 g/mol. The molecule has 1 rings (SSSR count). The zero-order chi connectivity index (χ0) is 39.8. The van der Waals surface area contributed by atoms with Gasteiger partial charge in [0.1, 0.15) is 29.8 Å². The van der Waals surface area contributed by atoms with E-state index in [1.807, 2.05) is 58.0 Å². The Labute approximate surface area is 309 Å². The van der Waals surface area contributed by atoms with Crippen molar-refractivity contribution in [3.05, 3.63) is 35.9 Å². The van der Waals surface area contributed by atoms with Crippen molar-refractivity contribution in [1.82, 2.24) is 26.6 Å². The van der Waals surface area contributed by atoms with Crippen LogP contribution in [0.3, 0.4) is 0 Å².